The van der Waals surface area contributed by atoms with Crippen LogP contribution < -0.4 is 63.1 Å². The van der Waals surface area contributed by atoms with E-state index in [4.69, 9.17) is 145 Å². The Balaban J connectivity index is 0.000000195. The summed E-state index contributed by atoms with van der Waals surface area (Å²) in [5, 5.41) is 39.0. The van der Waals surface area contributed by atoms with Gasteiger partial charge in [0.2, 0.25) is 23.6 Å². The van der Waals surface area contributed by atoms with Crippen molar-refractivity contribution in [3.63, 3.8) is 0 Å². The number of carbonyl (C=O) groups is 4. The highest BCUT2D eigenvalue weighted by molar-refractivity contribution is 6.38. The van der Waals surface area contributed by atoms with Gasteiger partial charge >= 0.3 is 0 Å². The van der Waals surface area contributed by atoms with Crippen LogP contribution in [0.4, 0.5) is 40.8 Å². The van der Waals surface area contributed by atoms with Gasteiger partial charge in [-0.3, -0.25) is 37.9 Å². The zero-order valence-corrected chi connectivity index (χ0v) is 87.5. The number of aliphatic hydroxyl groups is 1. The smallest absolute Gasteiger partial charge is 0.247 e. The number of likely N-dealkylation sites (tertiary alicyclic amines) is 1. The van der Waals surface area contributed by atoms with Gasteiger partial charge in [-0.25, -0.2) is 37.5 Å². The molecule has 13 rings (SSSR count). The summed E-state index contributed by atoms with van der Waals surface area (Å²) in [5.41, 5.74) is 28.7. The molecule has 0 spiro atoms. The molecule has 8 aromatic heterocycles. The highest BCUT2D eigenvalue weighted by Gasteiger charge is 2.37. The number of anilines is 4. The van der Waals surface area contributed by atoms with E-state index in [1.165, 1.54) is 66.1 Å². The van der Waals surface area contributed by atoms with Crippen LogP contribution in [0.3, 0.4) is 0 Å². The molecule has 1 fully saturated rings. The van der Waals surface area contributed by atoms with Crippen LogP contribution in [0, 0.1) is 37.1 Å². The van der Waals surface area contributed by atoms with Gasteiger partial charge in [-0.1, -0.05) is 92.8 Å². The second-order valence-electron chi connectivity index (χ2n) is 35.7. The third-order valence-corrected chi connectivity index (χ3v) is 26.3. The minimum absolute atomic E-state index is 0.106. The van der Waals surface area contributed by atoms with Gasteiger partial charge in [0.25, 0.3) is 0 Å². The van der Waals surface area contributed by atoms with Crippen LogP contribution in [0.5, 0.6) is 23.0 Å². The molecule has 142 heavy (non-hydrogen) atoms. The zero-order chi connectivity index (χ0) is 104. The lowest BCUT2D eigenvalue weighted by atomic mass is 10.0. The highest BCUT2D eigenvalue weighted by Crippen LogP contribution is 2.44. The van der Waals surface area contributed by atoms with Gasteiger partial charge in [0.05, 0.1) is 57.1 Å². The molecule has 1 saturated heterocycles. The fraction of sp³-hybridized carbons (Fsp3) is 0.388. The van der Waals surface area contributed by atoms with Crippen molar-refractivity contribution < 1.29 is 65.5 Å². The van der Waals surface area contributed by atoms with Crippen LogP contribution in [-0.4, -0.2) is 184 Å². The van der Waals surface area contributed by atoms with Crippen LogP contribution in [0.1, 0.15) is 160 Å². The zero-order valence-electron chi connectivity index (χ0n) is 81.4. The molecule has 1 aliphatic heterocycles. The van der Waals surface area contributed by atoms with Crippen molar-refractivity contribution in [3.05, 3.63) is 232 Å². The molecule has 32 nitrogen and oxygen atoms in total. The summed E-state index contributed by atoms with van der Waals surface area (Å²) in [6.07, 6.45) is 17.1. The first-order valence-electron chi connectivity index (χ1n) is 45.0. The van der Waals surface area contributed by atoms with Crippen LogP contribution in [0.2, 0.25) is 40.2 Å². The second-order valence-corrected chi connectivity index (χ2v) is 38.8. The number of amides is 4. The highest BCUT2D eigenvalue weighted by atomic mass is 35.5. The monoisotopic (exact) mass is 2120 g/mol. The number of benzene rings is 4. The van der Waals surface area contributed by atoms with Gasteiger partial charge in [0.1, 0.15) is 69.8 Å². The predicted octanol–water partition coefficient (Wildman–Crippen LogP) is 19.2. The number of aliphatic hydroxyl groups excluding tert-OH is 1. The third kappa shape index (κ3) is 27.5. The number of nitrogens with zero attached hydrogens (tertiary/aromatic N) is 14. The Kier molecular flexibility index (Phi) is 38.9. The Morgan fingerprint density at radius 2 is 0.725 bits per heavy atom. The molecule has 4 aromatic carbocycles. The number of rotatable bonds is 36. The summed E-state index contributed by atoms with van der Waals surface area (Å²) in [6, 6.07) is 17.3. The summed E-state index contributed by atoms with van der Waals surface area (Å²) in [5.74, 6) is -1.43. The van der Waals surface area contributed by atoms with Crippen molar-refractivity contribution in [3.8, 4) is 67.5 Å². The van der Waals surface area contributed by atoms with E-state index in [-0.39, 0.29) is 123 Å². The SMILES string of the molecule is CC(Oc1cc(-c2cnn(C(C)(C)C(=O)NCCO)c2)cnc1N)c1c(Cl)ccc(F)c1Cl.COCCNC(=O)C(C)(C)n1cc(-c2cnc(N)c(OC(C)c3c(Cl)ccc(F)c3Cl)c2)cn1.Cc1nn(C(C)(C)C(=O)NCCCN(C)C)cc1-c1cnc(N)c(OC(C)c2c(Cl)ccc(F)c2Cl)c1.Cc1nn(C(C)(C)C(=O)NCCN2CCCC2)cc1-c1cnc(N)c(OC(C)c2c(Cl)ccc(F)c2Cl)c1. The third-order valence-electron chi connectivity index (χ3n) is 23.4. The van der Waals surface area contributed by atoms with Crippen molar-refractivity contribution in [2.75, 3.05) is 110 Å². The van der Waals surface area contributed by atoms with Crippen LogP contribution in [0.15, 0.2) is 135 Å². The van der Waals surface area contributed by atoms with E-state index in [9.17, 15) is 36.7 Å². The topological polar surface area (TPSA) is 416 Å². The summed E-state index contributed by atoms with van der Waals surface area (Å²) < 4.78 is 91.2. The molecule has 44 heteroatoms. The Hall–Kier alpha value is -11.5. The summed E-state index contributed by atoms with van der Waals surface area (Å²) in [4.78, 5) is 72.3. The number of carbonyl (C=O) groups excluding carboxylic acids is 4. The number of halogens is 12. The largest absolute Gasteiger partial charge is 0.482 e. The average molecular weight is 2120 g/mol. The molecule has 4 atom stereocenters. The van der Waals surface area contributed by atoms with Gasteiger partial charge in [-0.2, -0.15) is 20.4 Å². The Bertz CT molecular complexity index is 6480. The fourth-order valence-corrected chi connectivity index (χ4v) is 17.4. The number of hydrogen-bond donors (Lipinski definition) is 9. The quantitative estimate of drug-likeness (QED) is 0.0100. The Morgan fingerprint density at radius 3 is 1.04 bits per heavy atom. The maximum absolute atomic E-state index is 14.0. The van der Waals surface area contributed by atoms with E-state index < -0.39 is 69.8 Å². The molecular formula is C98H116Cl8F4N22O10. The molecule has 762 valence electrons. The molecule has 4 amide bonds. The first-order valence-corrected chi connectivity index (χ1v) is 48.0. The van der Waals surface area contributed by atoms with Gasteiger partial charge in [0.15, 0.2) is 46.3 Å². The van der Waals surface area contributed by atoms with E-state index in [1.54, 1.807) is 157 Å². The van der Waals surface area contributed by atoms with E-state index in [2.05, 4.69) is 71.4 Å². The number of nitrogens with two attached hydrogens (primary N) is 4. The van der Waals surface area contributed by atoms with Gasteiger partial charge in [-0.15, -0.1) is 0 Å². The van der Waals surface area contributed by atoms with Crippen LogP contribution in [-0.2, 0) is 46.1 Å². The molecule has 0 bridgehead atoms. The number of ether oxygens (including phenoxy) is 5. The molecule has 13 N–H and O–H groups in total. The van der Waals surface area contributed by atoms with Crippen molar-refractivity contribution in [1.82, 2.24) is 90.1 Å². The summed E-state index contributed by atoms with van der Waals surface area (Å²) >= 11 is 49.4. The van der Waals surface area contributed by atoms with Crippen molar-refractivity contribution in [1.29, 1.82) is 0 Å². The molecule has 0 radical (unpaired) electrons. The van der Waals surface area contributed by atoms with E-state index >= 15 is 0 Å². The molecule has 0 aliphatic carbocycles. The van der Waals surface area contributed by atoms with Gasteiger partial charge in [0, 0.05) is 176 Å². The van der Waals surface area contributed by atoms with E-state index in [0.29, 0.717) is 93.3 Å². The molecule has 0 saturated carbocycles. The second kappa shape index (κ2) is 49.2. The number of aromatic nitrogens is 12. The Morgan fingerprint density at radius 1 is 0.430 bits per heavy atom. The normalized spacial score (nSPS) is 13.2. The van der Waals surface area contributed by atoms with Crippen molar-refractivity contribution in [2.45, 2.75) is 163 Å². The van der Waals surface area contributed by atoms with Gasteiger partial charge in [-0.05, 0) is 223 Å². The lowest BCUT2D eigenvalue weighted by Gasteiger charge is -2.25. The maximum Gasteiger partial charge on any atom is 0.247 e. The minimum atomic E-state index is -0.993. The number of nitrogen functional groups attached to an aromatic ring is 4. The predicted molar refractivity (Wildman–Crippen MR) is 548 cm³/mol. The standard InChI is InChI=1S/C27H33Cl2FN6O2.C26H33Cl2FN6O2.C23H26Cl2FN5O3.C22H24Cl2FN5O3/c1-16-19(15-36(34-16)27(3,4)26(37)32-9-12-35-10-5-6-11-35)18-13-22(25(31)33-14-18)38-17(2)23-20(28)7-8-21(30)24(23)29;1-15-18(14-35(33-15)26(3,4)25(36)31-10-7-11-34(5)6)17-12-21(24(30)32-13-17)37-16(2)22-19(27)8-9-20(29)23(22)28;1-13(19-16(24)5-6-17(26)20(19)25)34-18-9-14(10-29-21(18)27)15-11-30-31(12-15)23(2,3)22(32)28-7-8-33-4;1-12(18-15(23)4-5-16(25)19(18)24)33-17-8-13(9-28-20(17)26)14-10-29-30(11-14)22(2,3)21(32)27-6-7-31/h7-8,13-15,17H,5-6,9-12H2,1-4H3,(H2,31,33)(H,32,37);8-9,12-14,16H,7,10-11H2,1-6H3,(H2,30,32)(H,31,36);5-6,9-13H,7-8H2,1-4H3,(H2,27,29)(H,28,32);4-5,8-12,31H,6-7H2,1-3H3,(H2,26,28)(H,27,32). The number of aryl methyl sites for hydroxylation is 2. The molecule has 12 aromatic rings. The first kappa shape index (κ1) is 112. The number of nitrogens with one attached hydrogen (secondary N) is 4. The number of methoxy groups -OCH3 is 1. The summed E-state index contributed by atoms with van der Waals surface area (Å²) in [7, 11) is 5.56. The van der Waals surface area contributed by atoms with Crippen LogP contribution in [0.25, 0.3) is 44.5 Å². The molecule has 4 unspecified atom stereocenters. The lowest BCUT2D eigenvalue weighted by Crippen LogP contribution is -2.46. The first-order chi connectivity index (χ1) is 66.9. The van der Waals surface area contributed by atoms with Crippen molar-refractivity contribution in [2.24, 2.45) is 0 Å². The fourth-order valence-electron chi connectivity index (χ4n) is 14.7. The van der Waals surface area contributed by atoms with Gasteiger partial charge < -0.3 is 82.8 Å². The van der Waals surface area contributed by atoms with E-state index in [1.807, 2.05) is 61.8 Å². The van der Waals surface area contributed by atoms with E-state index in [0.717, 1.165) is 43.7 Å². The maximum atomic E-state index is 14.0. The van der Waals surface area contributed by atoms with Crippen LogP contribution >= 0.6 is 92.8 Å². The van der Waals surface area contributed by atoms with Crippen molar-refractivity contribution >= 4 is 140 Å². The Labute approximate surface area is 861 Å². The molecule has 9 heterocycles. The number of hydrogen-bond acceptors (Lipinski definition) is 24. The lowest BCUT2D eigenvalue weighted by molar-refractivity contribution is -0.129. The molecule has 1 aliphatic rings. The number of pyridine rings is 4. The average Bonchev–Trinajstić information content (AvgIpc) is 1.66. The summed E-state index contributed by atoms with van der Waals surface area (Å²) in [6.45, 7) is 30.6. The molecular weight excluding hydrogens is 2000 g/mol. The minimum Gasteiger partial charge on any atom is -0.482 e.